The molecule has 0 radical (unpaired) electrons. The van der Waals surface area contributed by atoms with E-state index in [-0.39, 0.29) is 6.10 Å². The summed E-state index contributed by atoms with van der Waals surface area (Å²) in [5.41, 5.74) is 0. The Morgan fingerprint density at radius 2 is 1.62 bits per heavy atom. The van der Waals surface area contributed by atoms with Gasteiger partial charge in [-0.2, -0.15) is 0 Å². The van der Waals surface area contributed by atoms with Crippen LogP contribution in [0.1, 0.15) is 45.4 Å². The summed E-state index contributed by atoms with van der Waals surface area (Å²) in [6.45, 7) is 2.81. The number of aliphatic hydroxyl groups excluding tert-OH is 1. The van der Waals surface area contributed by atoms with E-state index >= 15 is 0 Å². The highest BCUT2D eigenvalue weighted by molar-refractivity contribution is 4.89. The van der Waals surface area contributed by atoms with Crippen molar-refractivity contribution in [1.29, 1.82) is 0 Å². The van der Waals surface area contributed by atoms with Gasteiger partial charge in [-0.15, -0.1) is 0 Å². The van der Waals surface area contributed by atoms with Gasteiger partial charge in [0.05, 0.1) is 6.10 Å². The molecule has 0 saturated carbocycles. The van der Waals surface area contributed by atoms with Gasteiger partial charge in [-0.3, -0.25) is 4.90 Å². The first kappa shape index (κ1) is 9.47. The fourth-order valence-electron chi connectivity index (χ4n) is 3.03. The summed E-state index contributed by atoms with van der Waals surface area (Å²) in [6.07, 6.45) is 8.12. The smallest absolute Gasteiger partial charge is 0.0639 e. The summed E-state index contributed by atoms with van der Waals surface area (Å²) in [6, 6.07) is 1.59. The highest BCUT2D eigenvalue weighted by Gasteiger charge is 2.33. The van der Waals surface area contributed by atoms with Gasteiger partial charge in [-0.1, -0.05) is 12.8 Å². The minimum absolute atomic E-state index is 0.152. The van der Waals surface area contributed by atoms with Crippen LogP contribution in [0.3, 0.4) is 0 Å². The van der Waals surface area contributed by atoms with Crippen molar-refractivity contribution in [3.63, 3.8) is 0 Å². The first-order valence-corrected chi connectivity index (χ1v) is 5.71. The lowest BCUT2D eigenvalue weighted by atomic mass is 9.84. The zero-order valence-corrected chi connectivity index (χ0v) is 8.58. The monoisotopic (exact) mass is 183 g/mol. The molecule has 0 amide bonds. The molecule has 0 aromatic carbocycles. The van der Waals surface area contributed by atoms with E-state index in [9.17, 15) is 5.11 Å². The maximum Gasteiger partial charge on any atom is 0.0639 e. The van der Waals surface area contributed by atoms with E-state index in [0.717, 1.165) is 18.6 Å². The van der Waals surface area contributed by atoms with Gasteiger partial charge in [0.25, 0.3) is 0 Å². The van der Waals surface area contributed by atoms with Gasteiger partial charge < -0.3 is 5.11 Å². The van der Waals surface area contributed by atoms with E-state index in [0.29, 0.717) is 0 Å². The quantitative estimate of drug-likeness (QED) is 0.705. The molecule has 2 heteroatoms. The molecule has 0 spiro atoms. The number of fused-ring (bicyclic) bond motifs is 2. The minimum Gasteiger partial charge on any atom is -0.392 e. The van der Waals surface area contributed by atoms with Crippen LogP contribution in [0.25, 0.3) is 0 Å². The van der Waals surface area contributed by atoms with Crippen molar-refractivity contribution in [1.82, 2.24) is 4.90 Å². The molecule has 1 N–H and O–H groups in total. The summed E-state index contributed by atoms with van der Waals surface area (Å²) >= 11 is 0. The van der Waals surface area contributed by atoms with Crippen LogP contribution in [0, 0.1) is 0 Å². The van der Waals surface area contributed by atoms with Crippen LogP contribution in [0.5, 0.6) is 0 Å². The Balaban J connectivity index is 1.98. The fourth-order valence-corrected chi connectivity index (χ4v) is 3.03. The van der Waals surface area contributed by atoms with Crippen LogP contribution in [-0.2, 0) is 0 Å². The van der Waals surface area contributed by atoms with E-state index < -0.39 is 0 Å². The number of hydrogen-bond donors (Lipinski definition) is 1. The number of aliphatic hydroxyl groups is 1. The zero-order chi connectivity index (χ0) is 9.26. The molecule has 0 aliphatic carbocycles. The van der Waals surface area contributed by atoms with Gasteiger partial charge in [-0.05, 0) is 32.6 Å². The average molecular weight is 183 g/mol. The Labute approximate surface area is 80.9 Å². The van der Waals surface area contributed by atoms with Gasteiger partial charge >= 0.3 is 0 Å². The van der Waals surface area contributed by atoms with Crippen molar-refractivity contribution in [2.45, 2.75) is 63.6 Å². The van der Waals surface area contributed by atoms with Crippen LogP contribution >= 0.6 is 0 Å². The minimum atomic E-state index is -0.152. The first-order valence-electron chi connectivity index (χ1n) is 5.71. The lowest BCUT2D eigenvalue weighted by Gasteiger charge is -2.46. The Kier molecular flexibility index (Phi) is 2.89. The van der Waals surface area contributed by atoms with Crippen molar-refractivity contribution in [3.8, 4) is 0 Å². The van der Waals surface area contributed by atoms with E-state index in [4.69, 9.17) is 0 Å². The van der Waals surface area contributed by atoms with Crippen LogP contribution < -0.4 is 0 Å². The lowest BCUT2D eigenvalue weighted by Crippen LogP contribution is -2.51. The maximum atomic E-state index is 9.42. The van der Waals surface area contributed by atoms with Gasteiger partial charge in [0.1, 0.15) is 0 Å². The van der Waals surface area contributed by atoms with Crippen molar-refractivity contribution >= 4 is 0 Å². The number of piperidine rings is 2. The fraction of sp³-hybridized carbons (Fsp3) is 1.00. The summed E-state index contributed by atoms with van der Waals surface area (Å²) in [4.78, 5) is 2.57. The Morgan fingerprint density at radius 3 is 2.00 bits per heavy atom. The van der Waals surface area contributed by atoms with Crippen molar-refractivity contribution in [3.05, 3.63) is 0 Å². The van der Waals surface area contributed by atoms with Crippen LogP contribution in [0.2, 0.25) is 0 Å². The van der Waals surface area contributed by atoms with Crippen LogP contribution in [0.4, 0.5) is 0 Å². The second kappa shape index (κ2) is 3.97. The largest absolute Gasteiger partial charge is 0.392 e. The van der Waals surface area contributed by atoms with E-state index in [1.807, 2.05) is 6.92 Å². The van der Waals surface area contributed by atoms with Crippen molar-refractivity contribution in [2.75, 3.05) is 6.54 Å². The molecule has 2 rings (SSSR count). The number of hydrogen-bond acceptors (Lipinski definition) is 2. The Morgan fingerprint density at radius 1 is 1.15 bits per heavy atom. The molecule has 0 aromatic heterocycles. The summed E-state index contributed by atoms with van der Waals surface area (Å²) < 4.78 is 0. The highest BCUT2D eigenvalue weighted by atomic mass is 16.3. The van der Waals surface area contributed by atoms with Crippen LogP contribution in [0.15, 0.2) is 0 Å². The van der Waals surface area contributed by atoms with Gasteiger partial charge in [0, 0.05) is 18.6 Å². The second-order valence-corrected chi connectivity index (χ2v) is 4.72. The lowest BCUT2D eigenvalue weighted by molar-refractivity contribution is 0.00597. The zero-order valence-electron chi connectivity index (χ0n) is 8.58. The summed E-state index contributed by atoms with van der Waals surface area (Å²) in [7, 11) is 0. The first-order chi connectivity index (χ1) is 6.27. The molecule has 1 atom stereocenters. The van der Waals surface area contributed by atoms with Gasteiger partial charge in [0.15, 0.2) is 0 Å². The predicted molar refractivity (Wildman–Crippen MR) is 53.7 cm³/mol. The topological polar surface area (TPSA) is 23.5 Å². The Hall–Kier alpha value is -0.0800. The second-order valence-electron chi connectivity index (χ2n) is 4.72. The standard InChI is InChI=1S/C11H21NO/c1-9(13)8-12-10-4-2-5-11(12)7-3-6-10/h9-11,13H,2-8H2,1H3. The summed E-state index contributed by atoms with van der Waals surface area (Å²) in [5, 5.41) is 9.42. The molecule has 0 aromatic rings. The third kappa shape index (κ3) is 2.05. The molecule has 2 bridgehead atoms. The Bertz CT molecular complexity index is 147. The third-order valence-corrected chi connectivity index (χ3v) is 3.56. The SMILES string of the molecule is CC(O)CN1C2CCCC1CCC2. The molecule has 2 fully saturated rings. The third-order valence-electron chi connectivity index (χ3n) is 3.56. The molecule has 2 heterocycles. The van der Waals surface area contributed by atoms with Crippen LogP contribution in [-0.4, -0.2) is 34.7 Å². The molecule has 2 aliphatic rings. The number of rotatable bonds is 2. The molecule has 2 aliphatic heterocycles. The van der Waals surface area contributed by atoms with E-state index in [1.165, 1.54) is 38.5 Å². The predicted octanol–water partition coefficient (Wildman–Crippen LogP) is 1.77. The molecule has 13 heavy (non-hydrogen) atoms. The molecular formula is C11H21NO. The van der Waals surface area contributed by atoms with Gasteiger partial charge in [-0.25, -0.2) is 0 Å². The molecular weight excluding hydrogens is 162 g/mol. The molecule has 2 saturated heterocycles. The van der Waals surface area contributed by atoms with Crippen molar-refractivity contribution < 1.29 is 5.11 Å². The van der Waals surface area contributed by atoms with E-state index in [1.54, 1.807) is 0 Å². The highest BCUT2D eigenvalue weighted by Crippen LogP contribution is 2.33. The summed E-state index contributed by atoms with van der Waals surface area (Å²) in [5.74, 6) is 0. The maximum absolute atomic E-state index is 9.42. The number of nitrogens with zero attached hydrogens (tertiary/aromatic N) is 1. The van der Waals surface area contributed by atoms with E-state index in [2.05, 4.69) is 4.90 Å². The average Bonchev–Trinajstić information content (AvgIpc) is 2.02. The van der Waals surface area contributed by atoms with Gasteiger partial charge in [0.2, 0.25) is 0 Å². The molecule has 1 unspecified atom stereocenters. The molecule has 2 nitrogen and oxygen atoms in total. The van der Waals surface area contributed by atoms with Crippen molar-refractivity contribution in [2.24, 2.45) is 0 Å². The normalized spacial score (nSPS) is 37.4. The molecule has 76 valence electrons.